The van der Waals surface area contributed by atoms with Crippen molar-refractivity contribution < 1.29 is 9.18 Å². The monoisotopic (exact) mass is 234 g/mol. The molecule has 2 aliphatic rings. The van der Waals surface area contributed by atoms with Crippen LogP contribution in [0.25, 0.3) is 0 Å². The molecular weight excluding hydrogens is 219 g/mol. The molecule has 4 heteroatoms. The maximum Gasteiger partial charge on any atom is 0.244 e. The molecule has 17 heavy (non-hydrogen) atoms. The van der Waals surface area contributed by atoms with Gasteiger partial charge in [-0.2, -0.15) is 0 Å². The van der Waals surface area contributed by atoms with Crippen molar-refractivity contribution >= 4 is 5.91 Å². The fraction of sp³-hybridized carbons (Fsp3) is 0.462. The number of rotatable bonds is 2. The van der Waals surface area contributed by atoms with Gasteiger partial charge in [0.15, 0.2) is 0 Å². The summed E-state index contributed by atoms with van der Waals surface area (Å²) in [6.45, 7) is 2.65. The zero-order chi connectivity index (χ0) is 12.0. The number of halogens is 1. The van der Waals surface area contributed by atoms with Crippen LogP contribution >= 0.6 is 0 Å². The van der Waals surface area contributed by atoms with Gasteiger partial charge < -0.3 is 4.90 Å². The first-order valence-corrected chi connectivity index (χ1v) is 6.00. The fourth-order valence-corrected chi connectivity index (χ4v) is 2.51. The van der Waals surface area contributed by atoms with E-state index < -0.39 is 0 Å². The zero-order valence-corrected chi connectivity index (χ0v) is 9.74. The Kier molecular flexibility index (Phi) is 2.23. The molecule has 0 aromatic heterocycles. The van der Waals surface area contributed by atoms with E-state index in [-0.39, 0.29) is 23.4 Å². The molecule has 1 saturated carbocycles. The highest BCUT2D eigenvalue weighted by molar-refractivity contribution is 5.92. The van der Waals surface area contributed by atoms with Gasteiger partial charge in [-0.3, -0.25) is 10.1 Å². The summed E-state index contributed by atoms with van der Waals surface area (Å²) < 4.78 is 12.9. The van der Waals surface area contributed by atoms with E-state index in [4.69, 9.17) is 0 Å². The molecule has 1 aromatic carbocycles. The zero-order valence-electron chi connectivity index (χ0n) is 9.74. The molecule has 90 valence electrons. The second kappa shape index (κ2) is 3.53. The third-order valence-electron chi connectivity index (χ3n) is 3.67. The minimum atomic E-state index is -0.310. The lowest BCUT2D eigenvalue weighted by atomic mass is 10.1. The normalized spacial score (nSPS) is 25.6. The molecule has 1 saturated heterocycles. The first-order chi connectivity index (χ1) is 8.16. The van der Waals surface area contributed by atoms with Gasteiger partial charge in [0, 0.05) is 6.54 Å². The lowest BCUT2D eigenvalue weighted by molar-refractivity contribution is -0.130. The van der Waals surface area contributed by atoms with Crippen molar-refractivity contribution in [3.05, 3.63) is 35.6 Å². The number of nitrogens with one attached hydrogen (secondary N) is 1. The molecule has 1 atom stereocenters. The Morgan fingerprint density at radius 1 is 1.41 bits per heavy atom. The Labute approximate surface area is 99.6 Å². The average Bonchev–Trinajstić information content (AvgIpc) is 3.04. The molecule has 1 aliphatic heterocycles. The van der Waals surface area contributed by atoms with Gasteiger partial charge in [0.25, 0.3) is 0 Å². The van der Waals surface area contributed by atoms with Crippen LogP contribution in [0.4, 0.5) is 4.39 Å². The molecule has 1 unspecified atom stereocenters. The SMILES string of the molecule is CCN1C(=O)C2(CC2)NC1c1ccc(F)cc1. The maximum absolute atomic E-state index is 12.9. The Morgan fingerprint density at radius 2 is 2.06 bits per heavy atom. The van der Waals surface area contributed by atoms with Crippen molar-refractivity contribution in [1.82, 2.24) is 10.2 Å². The van der Waals surface area contributed by atoms with Crippen LogP contribution in [0.3, 0.4) is 0 Å². The van der Waals surface area contributed by atoms with Gasteiger partial charge >= 0.3 is 0 Å². The number of nitrogens with zero attached hydrogens (tertiary/aromatic N) is 1. The Balaban J connectivity index is 1.92. The van der Waals surface area contributed by atoms with E-state index >= 15 is 0 Å². The molecule has 1 N–H and O–H groups in total. The van der Waals surface area contributed by atoms with Crippen molar-refractivity contribution in [3.8, 4) is 0 Å². The molecular formula is C13H15FN2O. The summed E-state index contributed by atoms with van der Waals surface area (Å²) in [6, 6.07) is 6.36. The number of likely N-dealkylation sites (N-methyl/N-ethyl adjacent to an activating group) is 1. The summed E-state index contributed by atoms with van der Waals surface area (Å²) in [7, 11) is 0. The number of carbonyl (C=O) groups is 1. The lowest BCUT2D eigenvalue weighted by Gasteiger charge is -2.22. The van der Waals surface area contributed by atoms with E-state index in [2.05, 4.69) is 5.32 Å². The lowest BCUT2D eigenvalue weighted by Crippen LogP contribution is -2.32. The van der Waals surface area contributed by atoms with E-state index in [9.17, 15) is 9.18 Å². The van der Waals surface area contributed by atoms with Crippen LogP contribution in [0.5, 0.6) is 0 Å². The van der Waals surface area contributed by atoms with Crippen LogP contribution in [0.1, 0.15) is 31.5 Å². The minimum absolute atomic E-state index is 0.101. The van der Waals surface area contributed by atoms with E-state index in [1.165, 1.54) is 12.1 Å². The summed E-state index contributed by atoms with van der Waals surface area (Å²) in [5.41, 5.74) is 0.639. The van der Waals surface area contributed by atoms with Crippen molar-refractivity contribution in [2.45, 2.75) is 31.5 Å². The van der Waals surface area contributed by atoms with Crippen molar-refractivity contribution in [3.63, 3.8) is 0 Å². The predicted molar refractivity (Wildman–Crippen MR) is 61.6 cm³/mol. The summed E-state index contributed by atoms with van der Waals surface area (Å²) in [4.78, 5) is 14.0. The van der Waals surface area contributed by atoms with Gasteiger partial charge in [-0.05, 0) is 37.5 Å². The molecule has 1 spiro atoms. The maximum atomic E-state index is 12.9. The second-order valence-corrected chi connectivity index (χ2v) is 4.77. The number of benzene rings is 1. The molecule has 1 aliphatic carbocycles. The molecule has 3 rings (SSSR count). The van der Waals surface area contributed by atoms with Gasteiger partial charge in [0.05, 0.1) is 0 Å². The molecule has 0 radical (unpaired) electrons. The molecule has 1 aromatic rings. The Morgan fingerprint density at radius 3 is 2.59 bits per heavy atom. The van der Waals surface area contributed by atoms with Crippen molar-refractivity contribution in [2.24, 2.45) is 0 Å². The molecule has 3 nitrogen and oxygen atoms in total. The molecule has 0 bridgehead atoms. The highest BCUT2D eigenvalue weighted by atomic mass is 19.1. The van der Waals surface area contributed by atoms with Crippen LogP contribution in [0.2, 0.25) is 0 Å². The molecule has 1 amide bonds. The quantitative estimate of drug-likeness (QED) is 0.846. The fourth-order valence-electron chi connectivity index (χ4n) is 2.51. The Hall–Kier alpha value is -1.42. The van der Waals surface area contributed by atoms with Crippen molar-refractivity contribution in [1.29, 1.82) is 0 Å². The van der Waals surface area contributed by atoms with Crippen molar-refractivity contribution in [2.75, 3.05) is 6.54 Å². The summed E-state index contributed by atoms with van der Waals surface area (Å²) >= 11 is 0. The van der Waals surface area contributed by atoms with Gasteiger partial charge in [0.1, 0.15) is 17.5 Å². The largest absolute Gasteiger partial charge is 0.322 e. The highest BCUT2D eigenvalue weighted by Crippen LogP contribution is 2.45. The standard InChI is InChI=1S/C13H15FN2O/c1-2-16-11(9-3-5-10(14)6-4-9)15-13(7-8-13)12(16)17/h3-6,11,15H,2,7-8H2,1H3. The summed E-state index contributed by atoms with van der Waals surface area (Å²) in [5.74, 6) is -0.0587. The van der Waals surface area contributed by atoms with Crippen LogP contribution < -0.4 is 5.32 Å². The van der Waals surface area contributed by atoms with Gasteiger partial charge in [-0.15, -0.1) is 0 Å². The molecule has 2 fully saturated rings. The highest BCUT2D eigenvalue weighted by Gasteiger charge is 2.58. The molecule has 1 heterocycles. The average molecular weight is 234 g/mol. The van der Waals surface area contributed by atoms with E-state index in [1.807, 2.05) is 11.8 Å². The Bertz CT molecular complexity index is 453. The van der Waals surface area contributed by atoms with Crippen LogP contribution in [-0.2, 0) is 4.79 Å². The third-order valence-corrected chi connectivity index (χ3v) is 3.67. The van der Waals surface area contributed by atoms with E-state index in [0.717, 1.165) is 18.4 Å². The first-order valence-electron chi connectivity index (χ1n) is 6.00. The van der Waals surface area contributed by atoms with Gasteiger partial charge in [-0.1, -0.05) is 12.1 Å². The van der Waals surface area contributed by atoms with Crippen LogP contribution in [-0.4, -0.2) is 22.9 Å². The number of hydrogen-bond acceptors (Lipinski definition) is 2. The number of hydrogen-bond donors (Lipinski definition) is 1. The van der Waals surface area contributed by atoms with E-state index in [1.54, 1.807) is 12.1 Å². The third kappa shape index (κ3) is 1.55. The second-order valence-electron chi connectivity index (χ2n) is 4.77. The number of carbonyl (C=O) groups excluding carboxylic acids is 1. The first kappa shape index (κ1) is 10.7. The number of amides is 1. The minimum Gasteiger partial charge on any atom is -0.322 e. The predicted octanol–water partition coefficient (Wildman–Crippen LogP) is 1.81. The summed E-state index contributed by atoms with van der Waals surface area (Å²) in [6.07, 6.45) is 1.73. The van der Waals surface area contributed by atoms with Crippen LogP contribution in [0.15, 0.2) is 24.3 Å². The van der Waals surface area contributed by atoms with Gasteiger partial charge in [0.2, 0.25) is 5.91 Å². The summed E-state index contributed by atoms with van der Waals surface area (Å²) in [5, 5.41) is 3.38. The topological polar surface area (TPSA) is 32.3 Å². The smallest absolute Gasteiger partial charge is 0.244 e. The van der Waals surface area contributed by atoms with E-state index in [0.29, 0.717) is 6.54 Å². The van der Waals surface area contributed by atoms with Crippen LogP contribution in [0, 0.1) is 5.82 Å². The van der Waals surface area contributed by atoms with Gasteiger partial charge in [-0.25, -0.2) is 4.39 Å².